The number of benzene rings is 1. The van der Waals surface area contributed by atoms with Crippen molar-refractivity contribution in [3.05, 3.63) is 34.9 Å². The van der Waals surface area contributed by atoms with E-state index in [9.17, 15) is 9.59 Å². The van der Waals surface area contributed by atoms with Crippen LogP contribution in [0.2, 0.25) is 5.02 Å². The third kappa shape index (κ3) is 4.64. The molecule has 2 heterocycles. The van der Waals surface area contributed by atoms with Crippen LogP contribution in [0.3, 0.4) is 0 Å². The Bertz CT molecular complexity index is 690. The highest BCUT2D eigenvalue weighted by molar-refractivity contribution is 6.30. The van der Waals surface area contributed by atoms with Gasteiger partial charge in [-0.25, -0.2) is 0 Å². The van der Waals surface area contributed by atoms with Crippen LogP contribution in [-0.4, -0.2) is 65.8 Å². The topological polar surface area (TPSA) is 43.9 Å². The number of piperidine rings is 1. The first-order valence-electron chi connectivity index (χ1n) is 10.1. The Morgan fingerprint density at radius 2 is 1.44 bits per heavy atom. The first-order chi connectivity index (χ1) is 13.1. The largest absolute Gasteiger partial charge is 0.342 e. The van der Waals surface area contributed by atoms with E-state index in [2.05, 4.69) is 11.0 Å². The highest BCUT2D eigenvalue weighted by Gasteiger charge is 2.37. The normalized spacial score (nSPS) is 22.1. The van der Waals surface area contributed by atoms with Gasteiger partial charge in [-0.05, 0) is 43.4 Å². The molecule has 3 fully saturated rings. The van der Waals surface area contributed by atoms with Crippen LogP contribution in [0.5, 0.6) is 0 Å². The van der Waals surface area contributed by atoms with E-state index in [1.165, 1.54) is 5.56 Å². The fourth-order valence-electron chi connectivity index (χ4n) is 4.21. The van der Waals surface area contributed by atoms with Crippen molar-refractivity contribution in [2.45, 2.75) is 32.2 Å². The van der Waals surface area contributed by atoms with Crippen molar-refractivity contribution >= 4 is 23.4 Å². The molecule has 1 saturated carbocycles. The molecular weight excluding hydrogens is 362 g/mol. The van der Waals surface area contributed by atoms with Crippen molar-refractivity contribution < 1.29 is 9.59 Å². The molecule has 6 heteroatoms. The van der Waals surface area contributed by atoms with Crippen LogP contribution < -0.4 is 0 Å². The van der Waals surface area contributed by atoms with Crippen molar-refractivity contribution in [3.8, 4) is 0 Å². The van der Waals surface area contributed by atoms with Gasteiger partial charge in [0.05, 0.1) is 0 Å². The van der Waals surface area contributed by atoms with Crippen molar-refractivity contribution in [3.63, 3.8) is 0 Å². The second kappa shape index (κ2) is 8.19. The van der Waals surface area contributed by atoms with E-state index in [-0.39, 0.29) is 17.7 Å². The molecule has 0 radical (unpaired) electrons. The van der Waals surface area contributed by atoms with Crippen LogP contribution in [0.1, 0.15) is 31.2 Å². The van der Waals surface area contributed by atoms with Gasteiger partial charge in [-0.15, -0.1) is 0 Å². The third-order valence-electron chi connectivity index (χ3n) is 6.06. The van der Waals surface area contributed by atoms with E-state index in [1.807, 2.05) is 28.0 Å². The lowest BCUT2D eigenvalue weighted by Gasteiger charge is -2.38. The monoisotopic (exact) mass is 389 g/mol. The maximum atomic E-state index is 12.9. The Morgan fingerprint density at radius 3 is 2.04 bits per heavy atom. The second-order valence-electron chi connectivity index (χ2n) is 8.11. The van der Waals surface area contributed by atoms with Gasteiger partial charge < -0.3 is 9.80 Å². The van der Waals surface area contributed by atoms with Crippen LogP contribution in [0.4, 0.5) is 0 Å². The molecule has 5 nitrogen and oxygen atoms in total. The highest BCUT2D eigenvalue weighted by atomic mass is 35.5. The molecule has 3 aliphatic rings. The number of hydrogen-bond acceptors (Lipinski definition) is 3. The number of carbonyl (C=O) groups excluding carboxylic acids is 2. The van der Waals surface area contributed by atoms with E-state index >= 15 is 0 Å². The molecule has 146 valence electrons. The number of hydrogen-bond donors (Lipinski definition) is 0. The van der Waals surface area contributed by atoms with E-state index in [0.717, 1.165) is 76.5 Å². The predicted molar refractivity (Wildman–Crippen MR) is 105 cm³/mol. The number of amides is 2. The number of carbonyl (C=O) groups is 2. The van der Waals surface area contributed by atoms with Crippen LogP contribution in [0.15, 0.2) is 24.3 Å². The van der Waals surface area contributed by atoms with Gasteiger partial charge in [-0.2, -0.15) is 0 Å². The van der Waals surface area contributed by atoms with Crippen LogP contribution in [0.25, 0.3) is 0 Å². The number of halogens is 1. The summed E-state index contributed by atoms with van der Waals surface area (Å²) in [4.78, 5) is 31.4. The first-order valence-corrected chi connectivity index (χ1v) is 10.5. The minimum absolute atomic E-state index is 0.0905. The zero-order valence-corrected chi connectivity index (χ0v) is 16.5. The molecule has 0 bridgehead atoms. The summed E-state index contributed by atoms with van der Waals surface area (Å²) in [5.41, 5.74) is 1.22. The summed E-state index contributed by atoms with van der Waals surface area (Å²) in [5, 5.41) is 0.771. The summed E-state index contributed by atoms with van der Waals surface area (Å²) in [7, 11) is 0. The van der Waals surface area contributed by atoms with Gasteiger partial charge in [0.25, 0.3) is 0 Å². The minimum Gasteiger partial charge on any atom is -0.342 e. The fourth-order valence-corrected chi connectivity index (χ4v) is 4.43. The van der Waals surface area contributed by atoms with Gasteiger partial charge in [0, 0.05) is 62.7 Å². The molecule has 4 rings (SSSR count). The minimum atomic E-state index is 0.0905. The zero-order chi connectivity index (χ0) is 18.8. The molecule has 1 aromatic rings. The molecule has 2 saturated heterocycles. The van der Waals surface area contributed by atoms with E-state index < -0.39 is 0 Å². The molecule has 0 N–H and O–H groups in total. The van der Waals surface area contributed by atoms with Crippen molar-refractivity contribution in [2.75, 3.05) is 39.3 Å². The van der Waals surface area contributed by atoms with Gasteiger partial charge in [-0.1, -0.05) is 23.7 Å². The highest BCUT2D eigenvalue weighted by Crippen LogP contribution is 2.32. The number of nitrogens with zero attached hydrogens (tertiary/aromatic N) is 3. The maximum absolute atomic E-state index is 12.9. The van der Waals surface area contributed by atoms with Crippen LogP contribution in [0, 0.1) is 11.8 Å². The fraction of sp³-hybridized carbons (Fsp3) is 0.619. The predicted octanol–water partition coefficient (Wildman–Crippen LogP) is 2.63. The molecule has 0 unspecified atom stereocenters. The Morgan fingerprint density at radius 1 is 0.852 bits per heavy atom. The molecule has 2 amide bonds. The van der Waals surface area contributed by atoms with E-state index in [4.69, 9.17) is 11.6 Å². The molecule has 0 aromatic heterocycles. The van der Waals surface area contributed by atoms with Gasteiger partial charge in [-0.3, -0.25) is 14.5 Å². The summed E-state index contributed by atoms with van der Waals surface area (Å²) in [6.07, 6.45) is 3.74. The summed E-state index contributed by atoms with van der Waals surface area (Å²) >= 11 is 6.07. The molecule has 1 aliphatic carbocycles. The molecule has 1 aromatic carbocycles. The average Bonchev–Trinajstić information content (AvgIpc) is 3.53. The lowest BCUT2D eigenvalue weighted by Crippen LogP contribution is -2.51. The zero-order valence-electron chi connectivity index (χ0n) is 15.8. The van der Waals surface area contributed by atoms with Crippen LogP contribution in [-0.2, 0) is 16.1 Å². The van der Waals surface area contributed by atoms with Gasteiger partial charge in [0.2, 0.25) is 11.8 Å². The third-order valence-corrected chi connectivity index (χ3v) is 6.30. The van der Waals surface area contributed by atoms with Crippen molar-refractivity contribution in [1.82, 2.24) is 14.7 Å². The Kier molecular flexibility index (Phi) is 5.69. The number of rotatable bonds is 4. The second-order valence-corrected chi connectivity index (χ2v) is 8.54. The molecule has 0 atom stereocenters. The summed E-state index contributed by atoms with van der Waals surface area (Å²) in [6, 6.07) is 7.98. The Labute approximate surface area is 166 Å². The lowest BCUT2D eigenvalue weighted by molar-refractivity contribution is -0.142. The van der Waals surface area contributed by atoms with Gasteiger partial charge >= 0.3 is 0 Å². The van der Waals surface area contributed by atoms with E-state index in [1.54, 1.807) is 0 Å². The standard InChI is InChI=1S/C21H28ClN3O2/c22-19-3-1-2-16(14-19)15-23-10-12-25(13-11-23)21(27)18-6-8-24(9-7-18)20(26)17-4-5-17/h1-3,14,17-18H,4-13,15H2. The van der Waals surface area contributed by atoms with Crippen molar-refractivity contribution in [2.24, 2.45) is 11.8 Å². The van der Waals surface area contributed by atoms with Gasteiger partial charge in [0.1, 0.15) is 0 Å². The lowest BCUT2D eigenvalue weighted by atomic mass is 9.94. The van der Waals surface area contributed by atoms with E-state index in [0.29, 0.717) is 5.91 Å². The molecular formula is C21H28ClN3O2. The Hall–Kier alpha value is -1.59. The Balaban J connectivity index is 1.22. The maximum Gasteiger partial charge on any atom is 0.225 e. The van der Waals surface area contributed by atoms with Gasteiger partial charge in [0.15, 0.2) is 0 Å². The average molecular weight is 390 g/mol. The molecule has 27 heavy (non-hydrogen) atoms. The summed E-state index contributed by atoms with van der Waals surface area (Å²) in [5.74, 6) is 0.976. The SMILES string of the molecule is O=C(C1CC1)N1CCC(C(=O)N2CCN(Cc3cccc(Cl)c3)CC2)CC1. The number of piperazine rings is 1. The first kappa shape index (κ1) is 18.8. The summed E-state index contributed by atoms with van der Waals surface area (Å²) in [6.45, 7) is 5.76. The van der Waals surface area contributed by atoms with Crippen LogP contribution >= 0.6 is 11.6 Å². The molecule has 2 aliphatic heterocycles. The smallest absolute Gasteiger partial charge is 0.225 e. The molecule has 0 spiro atoms. The van der Waals surface area contributed by atoms with Crippen molar-refractivity contribution in [1.29, 1.82) is 0 Å². The summed E-state index contributed by atoms with van der Waals surface area (Å²) < 4.78 is 0. The number of likely N-dealkylation sites (tertiary alicyclic amines) is 1. The quantitative estimate of drug-likeness (QED) is 0.795.